The van der Waals surface area contributed by atoms with Gasteiger partial charge in [-0.3, -0.25) is 0 Å². The van der Waals surface area contributed by atoms with Gasteiger partial charge in [-0.05, 0) is 87.5 Å². The predicted molar refractivity (Wildman–Crippen MR) is 146 cm³/mol. The van der Waals surface area contributed by atoms with Gasteiger partial charge in [0.05, 0.1) is 5.56 Å². The maximum atomic E-state index is 11.7. The quantitative estimate of drug-likeness (QED) is 0.265. The summed E-state index contributed by atoms with van der Waals surface area (Å²) >= 11 is 0. The van der Waals surface area contributed by atoms with Crippen LogP contribution in [0.25, 0.3) is 32.7 Å². The molecule has 0 aliphatic rings. The van der Waals surface area contributed by atoms with E-state index in [1.165, 1.54) is 27.3 Å². The SMILES string of the molecule is Cc1ccc(-c2cc(CCC[C@H](C)c3cccc4ccccc34)cc3ccccc23)cc1C(=O)O. The number of hydrogen-bond acceptors (Lipinski definition) is 1. The van der Waals surface area contributed by atoms with E-state index < -0.39 is 5.97 Å². The largest absolute Gasteiger partial charge is 0.478 e. The van der Waals surface area contributed by atoms with E-state index in [-0.39, 0.29) is 0 Å². The summed E-state index contributed by atoms with van der Waals surface area (Å²) in [5.74, 6) is -0.400. The van der Waals surface area contributed by atoms with Crippen molar-refractivity contribution in [3.8, 4) is 11.1 Å². The zero-order chi connectivity index (χ0) is 24.4. The molecule has 0 fully saturated rings. The second kappa shape index (κ2) is 9.76. The van der Waals surface area contributed by atoms with Crippen molar-refractivity contribution in [1.29, 1.82) is 0 Å². The third-order valence-corrected chi connectivity index (χ3v) is 7.16. The van der Waals surface area contributed by atoms with E-state index in [1.807, 2.05) is 31.2 Å². The number of rotatable bonds is 7. The lowest BCUT2D eigenvalue weighted by atomic mass is 9.89. The first kappa shape index (κ1) is 22.9. The Hall–Kier alpha value is -3.91. The van der Waals surface area contributed by atoms with Gasteiger partial charge in [0.15, 0.2) is 0 Å². The molecular weight excluding hydrogens is 428 g/mol. The molecule has 5 rings (SSSR count). The Kier molecular flexibility index (Phi) is 6.37. The lowest BCUT2D eigenvalue weighted by molar-refractivity contribution is 0.0696. The van der Waals surface area contributed by atoms with Gasteiger partial charge in [0.1, 0.15) is 0 Å². The molecule has 0 saturated heterocycles. The Morgan fingerprint density at radius 2 is 1.51 bits per heavy atom. The predicted octanol–water partition coefficient (Wildman–Crippen LogP) is 8.79. The normalized spacial score (nSPS) is 12.2. The molecule has 0 bridgehead atoms. The molecule has 5 aromatic carbocycles. The second-order valence-corrected chi connectivity index (χ2v) is 9.56. The van der Waals surface area contributed by atoms with Gasteiger partial charge in [0.25, 0.3) is 0 Å². The Morgan fingerprint density at radius 1 is 0.800 bits per heavy atom. The Bertz CT molecular complexity index is 1520. The molecule has 2 nitrogen and oxygen atoms in total. The van der Waals surface area contributed by atoms with Crippen LogP contribution in [0.5, 0.6) is 0 Å². The molecule has 174 valence electrons. The summed E-state index contributed by atoms with van der Waals surface area (Å²) < 4.78 is 0. The minimum Gasteiger partial charge on any atom is -0.478 e. The molecule has 35 heavy (non-hydrogen) atoms. The molecule has 0 heterocycles. The van der Waals surface area contributed by atoms with Gasteiger partial charge in [0.2, 0.25) is 0 Å². The summed E-state index contributed by atoms with van der Waals surface area (Å²) in [6.45, 7) is 4.17. The van der Waals surface area contributed by atoms with Crippen LogP contribution in [0.2, 0.25) is 0 Å². The third kappa shape index (κ3) is 4.70. The first-order valence-electron chi connectivity index (χ1n) is 12.3. The minimum absolute atomic E-state index is 0.362. The highest BCUT2D eigenvalue weighted by Crippen LogP contribution is 2.33. The number of carboxylic acids is 1. The smallest absolute Gasteiger partial charge is 0.335 e. The number of benzene rings is 5. The Balaban J connectivity index is 1.42. The van der Waals surface area contributed by atoms with Crippen LogP contribution in [0.3, 0.4) is 0 Å². The number of carbonyl (C=O) groups is 1. The van der Waals surface area contributed by atoms with Crippen LogP contribution in [0, 0.1) is 6.92 Å². The molecule has 0 radical (unpaired) electrons. The van der Waals surface area contributed by atoms with Crippen molar-refractivity contribution in [3.05, 3.63) is 119 Å². The van der Waals surface area contributed by atoms with Gasteiger partial charge in [0, 0.05) is 0 Å². The van der Waals surface area contributed by atoms with Crippen molar-refractivity contribution in [3.63, 3.8) is 0 Å². The van der Waals surface area contributed by atoms with E-state index in [9.17, 15) is 9.90 Å². The van der Waals surface area contributed by atoms with E-state index in [4.69, 9.17) is 0 Å². The molecule has 0 saturated carbocycles. The summed E-state index contributed by atoms with van der Waals surface area (Å²) in [6.07, 6.45) is 3.20. The Morgan fingerprint density at radius 3 is 2.31 bits per heavy atom. The monoisotopic (exact) mass is 458 g/mol. The van der Waals surface area contributed by atoms with Crippen molar-refractivity contribution >= 4 is 27.5 Å². The fourth-order valence-corrected chi connectivity index (χ4v) is 5.22. The number of hydrogen-bond donors (Lipinski definition) is 1. The van der Waals surface area contributed by atoms with E-state index in [2.05, 4.69) is 79.7 Å². The molecular formula is C33H30O2. The van der Waals surface area contributed by atoms with Crippen molar-refractivity contribution in [2.24, 2.45) is 0 Å². The van der Waals surface area contributed by atoms with E-state index in [0.717, 1.165) is 41.3 Å². The van der Waals surface area contributed by atoms with Gasteiger partial charge in [-0.2, -0.15) is 0 Å². The molecule has 0 unspecified atom stereocenters. The third-order valence-electron chi connectivity index (χ3n) is 7.16. The van der Waals surface area contributed by atoms with Gasteiger partial charge in [-0.25, -0.2) is 4.79 Å². The molecule has 0 aromatic heterocycles. The highest BCUT2D eigenvalue weighted by molar-refractivity contribution is 5.99. The average Bonchev–Trinajstić information content (AvgIpc) is 2.88. The van der Waals surface area contributed by atoms with Crippen LogP contribution in [-0.2, 0) is 6.42 Å². The minimum atomic E-state index is -0.882. The molecule has 1 N–H and O–H groups in total. The highest BCUT2D eigenvalue weighted by Gasteiger charge is 2.13. The topological polar surface area (TPSA) is 37.3 Å². The second-order valence-electron chi connectivity index (χ2n) is 9.56. The van der Waals surface area contributed by atoms with Crippen LogP contribution < -0.4 is 0 Å². The van der Waals surface area contributed by atoms with Gasteiger partial charge in [-0.15, -0.1) is 0 Å². The zero-order valence-electron chi connectivity index (χ0n) is 20.3. The fraction of sp³-hybridized carbons (Fsp3) is 0.182. The van der Waals surface area contributed by atoms with Crippen molar-refractivity contribution < 1.29 is 9.90 Å². The van der Waals surface area contributed by atoms with Crippen LogP contribution in [0.4, 0.5) is 0 Å². The lowest BCUT2D eigenvalue weighted by Crippen LogP contribution is -2.00. The molecule has 0 aliphatic heterocycles. The van der Waals surface area contributed by atoms with Crippen molar-refractivity contribution in [2.75, 3.05) is 0 Å². The van der Waals surface area contributed by atoms with E-state index in [0.29, 0.717) is 11.5 Å². The van der Waals surface area contributed by atoms with Crippen molar-refractivity contribution in [1.82, 2.24) is 0 Å². The number of aromatic carboxylic acids is 1. The van der Waals surface area contributed by atoms with E-state index >= 15 is 0 Å². The molecule has 0 amide bonds. The average molecular weight is 459 g/mol. The van der Waals surface area contributed by atoms with Crippen molar-refractivity contribution in [2.45, 2.75) is 39.0 Å². The van der Waals surface area contributed by atoms with Crippen LogP contribution >= 0.6 is 0 Å². The summed E-state index contributed by atoms with van der Waals surface area (Å²) in [7, 11) is 0. The van der Waals surface area contributed by atoms with E-state index in [1.54, 1.807) is 0 Å². The molecule has 1 atom stereocenters. The molecule has 0 spiro atoms. The zero-order valence-corrected chi connectivity index (χ0v) is 20.3. The van der Waals surface area contributed by atoms with Gasteiger partial charge >= 0.3 is 5.97 Å². The summed E-state index contributed by atoms with van der Waals surface area (Å²) in [4.78, 5) is 11.7. The molecule has 2 heteroatoms. The summed E-state index contributed by atoms with van der Waals surface area (Å²) in [6, 6.07) is 33.9. The first-order valence-corrected chi connectivity index (χ1v) is 12.3. The molecule has 0 aliphatic carbocycles. The molecule has 5 aromatic rings. The first-order chi connectivity index (χ1) is 17.0. The summed E-state index contributed by atoms with van der Waals surface area (Å²) in [5.41, 5.74) is 5.91. The standard InChI is InChI=1S/C33H30O2/c1-22(28-16-8-13-25-11-3-5-14-29(25)28)9-7-10-24-19-26-12-4-6-15-30(26)32(20-24)27-18-17-23(2)31(21-27)33(34)35/h3-6,8,11-22H,7,9-10H2,1-2H3,(H,34,35)/t22-/m0/s1. The van der Waals surface area contributed by atoms with Gasteiger partial charge < -0.3 is 5.11 Å². The number of carboxylic acid groups (broad SMARTS) is 1. The summed E-state index contributed by atoms with van der Waals surface area (Å²) in [5, 5.41) is 14.6. The highest BCUT2D eigenvalue weighted by atomic mass is 16.4. The maximum absolute atomic E-state index is 11.7. The van der Waals surface area contributed by atoms with Crippen LogP contribution in [0.1, 0.15) is 52.7 Å². The van der Waals surface area contributed by atoms with Gasteiger partial charge in [-0.1, -0.05) is 97.9 Å². The van der Waals surface area contributed by atoms with Crippen LogP contribution in [0.15, 0.2) is 97.1 Å². The van der Waals surface area contributed by atoms with Crippen LogP contribution in [-0.4, -0.2) is 11.1 Å². The Labute approximate surface area is 206 Å². The lowest BCUT2D eigenvalue weighted by Gasteiger charge is -2.16. The maximum Gasteiger partial charge on any atom is 0.335 e. The fourth-order valence-electron chi connectivity index (χ4n) is 5.22. The number of fused-ring (bicyclic) bond motifs is 2. The number of aryl methyl sites for hydroxylation is 2.